The van der Waals surface area contributed by atoms with Crippen LogP contribution in [0, 0.1) is 5.92 Å². The summed E-state index contributed by atoms with van der Waals surface area (Å²) in [5.41, 5.74) is 0.244. The molecule has 2 rings (SSSR count). The van der Waals surface area contributed by atoms with E-state index in [1.54, 1.807) is 0 Å². The van der Waals surface area contributed by atoms with Crippen LogP contribution >= 0.6 is 0 Å². The van der Waals surface area contributed by atoms with Gasteiger partial charge in [-0.05, 0) is 25.8 Å². The van der Waals surface area contributed by atoms with Crippen molar-refractivity contribution in [2.24, 2.45) is 13.0 Å². The van der Waals surface area contributed by atoms with E-state index in [9.17, 15) is 0 Å². The molecule has 0 unspecified atom stereocenters. The Morgan fingerprint density at radius 3 is 2.53 bits per heavy atom. The fraction of sp³-hybridized carbons (Fsp3) is 0.867. The van der Waals surface area contributed by atoms with E-state index in [1.807, 2.05) is 11.7 Å². The van der Waals surface area contributed by atoms with Crippen LogP contribution in [-0.2, 0) is 19.9 Å². The van der Waals surface area contributed by atoms with Gasteiger partial charge >= 0.3 is 0 Å². The van der Waals surface area contributed by atoms with Crippen LogP contribution in [0.15, 0.2) is 0 Å². The smallest absolute Gasteiger partial charge is 0.151 e. The number of likely N-dealkylation sites (N-methyl/N-ethyl adjacent to an activating group) is 1. The van der Waals surface area contributed by atoms with Crippen molar-refractivity contribution in [1.29, 1.82) is 0 Å². The Hall–Kier alpha value is -0.900. The van der Waals surface area contributed by atoms with Crippen LogP contribution in [0.4, 0.5) is 0 Å². The summed E-state index contributed by atoms with van der Waals surface area (Å²) >= 11 is 0. The van der Waals surface area contributed by atoms with Crippen molar-refractivity contribution in [2.45, 2.75) is 64.3 Å². The summed E-state index contributed by atoms with van der Waals surface area (Å²) < 4.78 is 1.98. The highest BCUT2D eigenvalue weighted by Gasteiger charge is 2.32. The van der Waals surface area contributed by atoms with Crippen molar-refractivity contribution < 1.29 is 0 Å². The van der Waals surface area contributed by atoms with Crippen LogP contribution in [0.25, 0.3) is 0 Å². The molecule has 0 bridgehead atoms. The normalized spacial score (nSPS) is 19.0. The summed E-state index contributed by atoms with van der Waals surface area (Å²) in [6.07, 6.45) is 8.53. The van der Waals surface area contributed by atoms with Gasteiger partial charge in [-0.2, -0.15) is 5.10 Å². The number of nitrogens with one attached hydrogen (secondary N) is 1. The van der Waals surface area contributed by atoms with Crippen LogP contribution in [0.2, 0.25) is 0 Å². The second kappa shape index (κ2) is 6.04. The highest BCUT2D eigenvalue weighted by atomic mass is 15.3. The number of hydrogen-bond donors (Lipinski definition) is 1. The zero-order valence-electron chi connectivity index (χ0n) is 12.9. The van der Waals surface area contributed by atoms with Gasteiger partial charge in [-0.1, -0.05) is 33.1 Å². The monoisotopic (exact) mass is 264 g/mol. The zero-order valence-corrected chi connectivity index (χ0v) is 12.9. The molecule has 1 heterocycles. The van der Waals surface area contributed by atoms with Gasteiger partial charge in [0.2, 0.25) is 0 Å². The van der Waals surface area contributed by atoms with Gasteiger partial charge in [-0.25, -0.2) is 4.98 Å². The minimum absolute atomic E-state index is 0.244. The minimum Gasteiger partial charge on any atom is -0.314 e. The third-order valence-corrected chi connectivity index (χ3v) is 4.33. The fourth-order valence-corrected chi connectivity index (χ4v) is 3.13. The first-order valence-electron chi connectivity index (χ1n) is 7.62. The molecule has 1 saturated carbocycles. The largest absolute Gasteiger partial charge is 0.314 e. The van der Waals surface area contributed by atoms with E-state index in [0.717, 1.165) is 24.5 Å². The van der Waals surface area contributed by atoms with Crippen LogP contribution in [0.5, 0.6) is 0 Å². The SMILES string of the molecule is CNC1(Cc2nc(CC(C)C)nn2C)CCCCC1. The first-order chi connectivity index (χ1) is 9.04. The third-order valence-electron chi connectivity index (χ3n) is 4.33. The molecule has 1 aromatic heterocycles. The molecule has 0 spiro atoms. The average Bonchev–Trinajstić information content (AvgIpc) is 2.69. The Morgan fingerprint density at radius 2 is 1.95 bits per heavy atom. The molecule has 0 radical (unpaired) electrons. The van der Waals surface area contributed by atoms with Gasteiger partial charge in [0.05, 0.1) is 0 Å². The number of rotatable bonds is 5. The van der Waals surface area contributed by atoms with E-state index in [2.05, 4.69) is 31.3 Å². The Balaban J connectivity index is 2.10. The van der Waals surface area contributed by atoms with Crippen molar-refractivity contribution >= 4 is 0 Å². The molecule has 0 aromatic carbocycles. The standard InChI is InChI=1S/C15H28N4/c1-12(2)10-13-17-14(19(4)18-13)11-15(16-3)8-6-5-7-9-15/h12,16H,5-11H2,1-4H3. The molecule has 4 heteroatoms. The molecule has 4 nitrogen and oxygen atoms in total. The highest BCUT2D eigenvalue weighted by Crippen LogP contribution is 2.30. The third kappa shape index (κ3) is 3.56. The van der Waals surface area contributed by atoms with Crippen LogP contribution in [0.1, 0.15) is 57.6 Å². The quantitative estimate of drug-likeness (QED) is 0.888. The highest BCUT2D eigenvalue weighted by molar-refractivity contribution is 5.03. The van der Waals surface area contributed by atoms with Crippen LogP contribution in [-0.4, -0.2) is 27.4 Å². The van der Waals surface area contributed by atoms with E-state index in [-0.39, 0.29) is 5.54 Å². The molecular formula is C15H28N4. The Kier molecular flexibility index (Phi) is 4.61. The maximum Gasteiger partial charge on any atom is 0.151 e. The lowest BCUT2D eigenvalue weighted by atomic mass is 9.79. The molecule has 1 fully saturated rings. The van der Waals surface area contributed by atoms with Gasteiger partial charge in [0.25, 0.3) is 0 Å². The first-order valence-corrected chi connectivity index (χ1v) is 7.62. The lowest BCUT2D eigenvalue weighted by molar-refractivity contribution is 0.239. The van der Waals surface area contributed by atoms with Gasteiger partial charge in [0.1, 0.15) is 5.82 Å². The lowest BCUT2D eigenvalue weighted by Gasteiger charge is -2.36. The van der Waals surface area contributed by atoms with Crippen molar-refractivity contribution in [3.05, 3.63) is 11.6 Å². The van der Waals surface area contributed by atoms with Gasteiger partial charge in [-0.15, -0.1) is 0 Å². The summed E-state index contributed by atoms with van der Waals surface area (Å²) in [6, 6.07) is 0. The fourth-order valence-electron chi connectivity index (χ4n) is 3.13. The minimum atomic E-state index is 0.244. The molecule has 1 aliphatic carbocycles. The Morgan fingerprint density at radius 1 is 1.26 bits per heavy atom. The molecule has 1 aliphatic rings. The average molecular weight is 264 g/mol. The molecule has 0 amide bonds. The van der Waals surface area contributed by atoms with Gasteiger partial charge in [-0.3, -0.25) is 4.68 Å². The topological polar surface area (TPSA) is 42.7 Å². The number of nitrogens with zero attached hydrogens (tertiary/aromatic N) is 3. The van der Waals surface area contributed by atoms with Gasteiger partial charge in [0, 0.05) is 25.4 Å². The second-order valence-electron chi connectivity index (χ2n) is 6.43. The second-order valence-corrected chi connectivity index (χ2v) is 6.43. The zero-order chi connectivity index (χ0) is 13.9. The van der Waals surface area contributed by atoms with Gasteiger partial charge < -0.3 is 5.32 Å². The molecule has 108 valence electrons. The summed E-state index contributed by atoms with van der Waals surface area (Å²) in [6.45, 7) is 4.43. The molecule has 1 N–H and O–H groups in total. The van der Waals surface area contributed by atoms with E-state index < -0.39 is 0 Å². The van der Waals surface area contributed by atoms with E-state index >= 15 is 0 Å². The number of aromatic nitrogens is 3. The molecule has 0 aliphatic heterocycles. The van der Waals surface area contributed by atoms with Crippen LogP contribution in [0.3, 0.4) is 0 Å². The lowest BCUT2D eigenvalue weighted by Crippen LogP contribution is -2.47. The van der Waals surface area contributed by atoms with Crippen molar-refractivity contribution in [3.8, 4) is 0 Å². The van der Waals surface area contributed by atoms with E-state index in [4.69, 9.17) is 4.98 Å². The van der Waals surface area contributed by atoms with Crippen molar-refractivity contribution in [3.63, 3.8) is 0 Å². The first kappa shape index (κ1) is 14.5. The maximum absolute atomic E-state index is 4.75. The van der Waals surface area contributed by atoms with Crippen molar-refractivity contribution in [2.75, 3.05) is 7.05 Å². The summed E-state index contributed by atoms with van der Waals surface area (Å²) in [7, 11) is 4.12. The Bertz CT molecular complexity index is 402. The van der Waals surface area contributed by atoms with Crippen LogP contribution < -0.4 is 5.32 Å². The predicted molar refractivity (Wildman–Crippen MR) is 78.1 cm³/mol. The van der Waals surface area contributed by atoms with Crippen molar-refractivity contribution in [1.82, 2.24) is 20.1 Å². The number of aryl methyl sites for hydroxylation is 1. The molecule has 1 aromatic rings. The summed E-state index contributed by atoms with van der Waals surface area (Å²) in [5.74, 6) is 2.74. The molecule has 0 atom stereocenters. The van der Waals surface area contributed by atoms with E-state index in [1.165, 1.54) is 32.1 Å². The summed E-state index contributed by atoms with van der Waals surface area (Å²) in [5, 5.41) is 8.12. The molecular weight excluding hydrogens is 236 g/mol. The number of hydrogen-bond acceptors (Lipinski definition) is 3. The van der Waals surface area contributed by atoms with E-state index in [0.29, 0.717) is 5.92 Å². The predicted octanol–water partition coefficient (Wildman–Crippen LogP) is 2.48. The molecule has 19 heavy (non-hydrogen) atoms. The Labute approximate surface area is 117 Å². The molecule has 0 saturated heterocycles. The van der Waals surface area contributed by atoms with Gasteiger partial charge in [0.15, 0.2) is 5.82 Å². The summed E-state index contributed by atoms with van der Waals surface area (Å²) in [4.78, 5) is 4.75. The maximum atomic E-state index is 4.75.